The third kappa shape index (κ3) is 6.63. The number of hydrogen-bond acceptors (Lipinski definition) is 6. The molecule has 9 heteroatoms. The molecule has 2 aromatic rings. The molecule has 37 heavy (non-hydrogen) atoms. The van der Waals surface area contributed by atoms with Crippen molar-refractivity contribution in [1.29, 1.82) is 0 Å². The average Bonchev–Trinajstić information content (AvgIpc) is 2.96. The van der Waals surface area contributed by atoms with Gasteiger partial charge in [0.15, 0.2) is 5.44 Å². The third-order valence-electron chi connectivity index (χ3n) is 6.75. The van der Waals surface area contributed by atoms with Gasteiger partial charge in [-0.25, -0.2) is 4.79 Å². The molecule has 0 spiro atoms. The molecule has 3 N–H and O–H groups in total. The summed E-state index contributed by atoms with van der Waals surface area (Å²) in [5, 5.41) is 9.09. The predicted molar refractivity (Wildman–Crippen MR) is 151 cm³/mol. The van der Waals surface area contributed by atoms with E-state index in [1.807, 2.05) is 42.5 Å². The van der Waals surface area contributed by atoms with Crippen LogP contribution in [0.25, 0.3) is 0 Å². The van der Waals surface area contributed by atoms with Gasteiger partial charge in [0, 0.05) is 22.5 Å². The van der Waals surface area contributed by atoms with E-state index in [0.29, 0.717) is 36.2 Å². The molecule has 1 aliphatic rings. The van der Waals surface area contributed by atoms with Gasteiger partial charge < -0.3 is 14.7 Å². The maximum absolute atomic E-state index is 14.1. The van der Waals surface area contributed by atoms with Crippen LogP contribution in [-0.2, 0) is 9.53 Å². The first-order valence-electron chi connectivity index (χ1n) is 12.8. The standard InChI is InChI=1S/C28H38FNO5S2/c1-4-7-16-28(17-8-5-2)20-30(21-12-10-9-11-13-21)24-18-22(36-6-3)14-15-25(24)37(33,34)27(28)35-19-23(29)26(31)32/h9-15,18-19,27,33-34H,4-8,16-17,20H2,1-3H3,(H,31,32)/b23-19-. The van der Waals surface area contributed by atoms with Crippen molar-refractivity contribution in [2.45, 2.75) is 74.5 Å². The number of fused-ring (bicyclic) bond motifs is 1. The van der Waals surface area contributed by atoms with Crippen molar-refractivity contribution in [1.82, 2.24) is 0 Å². The number of carboxylic acids is 1. The number of thioether (sulfide) groups is 1. The molecule has 1 heterocycles. The van der Waals surface area contributed by atoms with Gasteiger partial charge in [0.25, 0.3) is 0 Å². The molecule has 0 saturated heterocycles. The Morgan fingerprint density at radius 1 is 1.14 bits per heavy atom. The van der Waals surface area contributed by atoms with Crippen LogP contribution >= 0.6 is 22.4 Å². The Labute approximate surface area is 225 Å². The first-order valence-corrected chi connectivity index (χ1v) is 15.4. The van der Waals surface area contributed by atoms with Gasteiger partial charge in [0.1, 0.15) is 6.26 Å². The first kappa shape index (κ1) is 29.4. The zero-order chi connectivity index (χ0) is 27.1. The fourth-order valence-electron chi connectivity index (χ4n) is 4.97. The monoisotopic (exact) mass is 551 g/mol. The van der Waals surface area contributed by atoms with Crippen molar-refractivity contribution in [3.05, 3.63) is 60.6 Å². The van der Waals surface area contributed by atoms with Gasteiger partial charge in [0.05, 0.1) is 10.6 Å². The predicted octanol–water partition coefficient (Wildman–Crippen LogP) is 8.66. The third-order valence-corrected chi connectivity index (χ3v) is 9.83. The van der Waals surface area contributed by atoms with Crippen LogP contribution in [0.4, 0.5) is 15.8 Å². The summed E-state index contributed by atoms with van der Waals surface area (Å²) in [6.45, 7) is 6.61. The molecule has 0 amide bonds. The van der Waals surface area contributed by atoms with Crippen LogP contribution in [0.15, 0.2) is 70.4 Å². The number of rotatable bonds is 12. The number of aliphatic carboxylic acids is 1. The number of ether oxygens (including phenoxy) is 1. The molecule has 1 atom stereocenters. The van der Waals surface area contributed by atoms with Crippen molar-refractivity contribution in [3.63, 3.8) is 0 Å². The lowest BCUT2D eigenvalue weighted by Crippen LogP contribution is -2.45. The summed E-state index contributed by atoms with van der Waals surface area (Å²) in [5.74, 6) is -2.37. The van der Waals surface area contributed by atoms with Gasteiger partial charge in [-0.15, -0.1) is 22.4 Å². The van der Waals surface area contributed by atoms with Gasteiger partial charge >= 0.3 is 5.97 Å². The minimum absolute atomic E-state index is 0.320. The van der Waals surface area contributed by atoms with Crippen LogP contribution < -0.4 is 4.90 Å². The number of para-hydroxylation sites is 1. The molecule has 1 aliphatic heterocycles. The highest BCUT2D eigenvalue weighted by Crippen LogP contribution is 2.66. The van der Waals surface area contributed by atoms with Crippen molar-refractivity contribution in [2.24, 2.45) is 5.41 Å². The molecule has 3 rings (SSSR count). The molecule has 0 bridgehead atoms. The zero-order valence-electron chi connectivity index (χ0n) is 21.7. The molecule has 1 unspecified atom stereocenters. The molecular formula is C28H38FNO5S2. The molecule has 2 aromatic carbocycles. The highest BCUT2D eigenvalue weighted by molar-refractivity contribution is 8.24. The maximum atomic E-state index is 14.1. The van der Waals surface area contributed by atoms with Gasteiger partial charge in [-0.3, -0.25) is 9.11 Å². The number of halogens is 1. The lowest BCUT2D eigenvalue weighted by Gasteiger charge is -2.48. The van der Waals surface area contributed by atoms with E-state index in [-0.39, 0.29) is 0 Å². The van der Waals surface area contributed by atoms with Crippen LogP contribution in [0.5, 0.6) is 0 Å². The Morgan fingerprint density at radius 2 is 1.78 bits per heavy atom. The Bertz CT molecular complexity index is 1070. The van der Waals surface area contributed by atoms with E-state index in [9.17, 15) is 18.3 Å². The Kier molecular flexibility index (Phi) is 10.3. The summed E-state index contributed by atoms with van der Waals surface area (Å²) in [7, 11) is -3.66. The number of anilines is 2. The molecule has 0 fully saturated rings. The Hall–Kier alpha value is -2.20. The van der Waals surface area contributed by atoms with Gasteiger partial charge in [-0.1, -0.05) is 64.7 Å². The second-order valence-corrected chi connectivity index (χ2v) is 12.8. The highest BCUT2D eigenvalue weighted by atomic mass is 32.3. The second-order valence-electron chi connectivity index (χ2n) is 9.39. The SMILES string of the molecule is CCCCC1(CCCC)CN(c2ccccc2)c2cc(SCC)ccc2S(O)(O)C1O/C=C(\F)C(=O)O. The van der Waals surface area contributed by atoms with Crippen LogP contribution in [0.3, 0.4) is 0 Å². The van der Waals surface area contributed by atoms with Crippen LogP contribution in [0.2, 0.25) is 0 Å². The molecule has 6 nitrogen and oxygen atoms in total. The van der Waals surface area contributed by atoms with Gasteiger partial charge in [-0.05, 0) is 48.9 Å². The summed E-state index contributed by atoms with van der Waals surface area (Å²) in [5.41, 5.74) is -0.424. The fraction of sp³-hybridized carbons (Fsp3) is 0.464. The Morgan fingerprint density at radius 3 is 2.35 bits per heavy atom. The van der Waals surface area contributed by atoms with Crippen LogP contribution in [0, 0.1) is 5.41 Å². The topological polar surface area (TPSA) is 90.2 Å². The normalized spacial score (nSPS) is 19.6. The second kappa shape index (κ2) is 13.0. The summed E-state index contributed by atoms with van der Waals surface area (Å²) in [6.07, 6.45) is 5.14. The van der Waals surface area contributed by atoms with Gasteiger partial charge in [0.2, 0.25) is 5.83 Å². The minimum Gasteiger partial charge on any atom is -0.476 e. The largest absolute Gasteiger partial charge is 0.476 e. The lowest BCUT2D eigenvalue weighted by molar-refractivity contribution is -0.134. The number of hydrogen-bond donors (Lipinski definition) is 3. The number of carbonyl (C=O) groups is 1. The lowest BCUT2D eigenvalue weighted by atomic mass is 9.77. The van der Waals surface area contributed by atoms with E-state index < -0.39 is 33.2 Å². The van der Waals surface area contributed by atoms with E-state index in [1.165, 1.54) is 0 Å². The molecule has 0 aliphatic carbocycles. The molecular weight excluding hydrogens is 513 g/mol. The molecule has 204 valence electrons. The molecule has 0 aromatic heterocycles. The highest BCUT2D eigenvalue weighted by Gasteiger charge is 2.52. The average molecular weight is 552 g/mol. The maximum Gasteiger partial charge on any atom is 0.368 e. The summed E-state index contributed by atoms with van der Waals surface area (Å²) in [4.78, 5) is 14.6. The molecule has 0 saturated carbocycles. The quantitative estimate of drug-likeness (QED) is 0.138. The molecule has 0 radical (unpaired) electrons. The van der Waals surface area contributed by atoms with Crippen molar-refractivity contribution < 1.29 is 28.1 Å². The number of nitrogens with zero attached hydrogens (tertiary/aromatic N) is 1. The number of unbranched alkanes of at least 4 members (excludes halogenated alkanes) is 2. The van der Waals surface area contributed by atoms with E-state index in [2.05, 4.69) is 25.7 Å². The van der Waals surface area contributed by atoms with E-state index in [1.54, 1.807) is 17.8 Å². The fourth-order valence-corrected chi connectivity index (χ4v) is 7.85. The minimum atomic E-state index is -3.66. The van der Waals surface area contributed by atoms with E-state index in [4.69, 9.17) is 9.84 Å². The Balaban J connectivity index is 2.30. The van der Waals surface area contributed by atoms with Crippen LogP contribution in [-0.4, -0.2) is 37.9 Å². The number of carboxylic acid groups (broad SMARTS) is 1. The van der Waals surface area contributed by atoms with Crippen molar-refractivity contribution in [3.8, 4) is 0 Å². The van der Waals surface area contributed by atoms with Crippen LogP contribution in [0.1, 0.15) is 59.3 Å². The summed E-state index contributed by atoms with van der Waals surface area (Å²) < 4.78 is 43.8. The zero-order valence-corrected chi connectivity index (χ0v) is 23.4. The van der Waals surface area contributed by atoms with Crippen molar-refractivity contribution >= 4 is 39.7 Å². The van der Waals surface area contributed by atoms with E-state index in [0.717, 1.165) is 42.0 Å². The summed E-state index contributed by atoms with van der Waals surface area (Å²) >= 11 is 1.66. The smallest absolute Gasteiger partial charge is 0.368 e. The van der Waals surface area contributed by atoms with Gasteiger partial charge in [-0.2, -0.15) is 4.39 Å². The van der Waals surface area contributed by atoms with Crippen molar-refractivity contribution in [2.75, 3.05) is 17.2 Å². The number of benzene rings is 2. The van der Waals surface area contributed by atoms with E-state index >= 15 is 0 Å². The first-order chi connectivity index (χ1) is 17.7. The summed E-state index contributed by atoms with van der Waals surface area (Å²) in [6, 6.07) is 15.4.